The first-order valence-electron chi connectivity index (χ1n) is 8.08. The first-order chi connectivity index (χ1) is 11.1. The van der Waals surface area contributed by atoms with Crippen molar-refractivity contribution < 1.29 is 29.6 Å². The van der Waals surface area contributed by atoms with Crippen LogP contribution in [-0.4, -0.2) is 71.5 Å². The van der Waals surface area contributed by atoms with Gasteiger partial charge in [0.15, 0.2) is 12.3 Å². The molecule has 3 unspecified atom stereocenters. The van der Waals surface area contributed by atoms with E-state index in [2.05, 4.69) is 16.0 Å². The number of carbonyl (C=O) groups is 2. The molecule has 3 amide bonds. The van der Waals surface area contributed by atoms with Gasteiger partial charge in [0.05, 0.1) is 0 Å². The van der Waals surface area contributed by atoms with E-state index in [0.717, 1.165) is 12.8 Å². The molecular weight excluding hydrogens is 318 g/mol. The van der Waals surface area contributed by atoms with Crippen LogP contribution in [0.25, 0.3) is 0 Å². The molecule has 1 fully saturated rings. The summed E-state index contributed by atoms with van der Waals surface area (Å²) in [7, 11) is 1.37. The van der Waals surface area contributed by atoms with Crippen LogP contribution < -0.4 is 16.0 Å². The van der Waals surface area contributed by atoms with Crippen LogP contribution in [0.1, 0.15) is 33.6 Å². The number of aliphatic hydroxyl groups is 3. The van der Waals surface area contributed by atoms with Gasteiger partial charge in [0, 0.05) is 13.6 Å². The number of nitrogens with one attached hydrogen (secondary N) is 3. The molecule has 1 saturated heterocycles. The molecule has 0 saturated carbocycles. The third-order valence-electron chi connectivity index (χ3n) is 4.04. The highest BCUT2D eigenvalue weighted by atomic mass is 16.6. The van der Waals surface area contributed by atoms with Gasteiger partial charge in [-0.1, -0.05) is 27.2 Å². The zero-order chi connectivity index (χ0) is 18.5. The van der Waals surface area contributed by atoms with E-state index < -0.39 is 42.6 Å². The Balaban J connectivity index is 2.73. The molecule has 140 valence electrons. The number of aliphatic hydroxyl groups excluding tert-OH is 3. The van der Waals surface area contributed by atoms with Crippen molar-refractivity contribution in [3.05, 3.63) is 0 Å². The molecule has 0 aliphatic carbocycles. The van der Waals surface area contributed by atoms with Gasteiger partial charge in [-0.3, -0.25) is 4.79 Å². The fourth-order valence-electron chi connectivity index (χ4n) is 2.61. The lowest BCUT2D eigenvalue weighted by atomic mass is 9.88. The number of urea groups is 1. The topological polar surface area (TPSA) is 140 Å². The van der Waals surface area contributed by atoms with Crippen LogP contribution in [0, 0.1) is 5.41 Å². The Kier molecular flexibility index (Phi) is 7.40. The Morgan fingerprint density at radius 1 is 1.12 bits per heavy atom. The Bertz CT molecular complexity index is 445. The Morgan fingerprint density at radius 2 is 1.75 bits per heavy atom. The summed E-state index contributed by atoms with van der Waals surface area (Å²) in [6.45, 7) is 6.43. The molecule has 1 aliphatic heterocycles. The largest absolute Gasteiger partial charge is 0.387 e. The average Bonchev–Trinajstić information content (AvgIpc) is 2.53. The molecule has 0 aromatic heterocycles. The standard InChI is InChI=1S/C15H29N3O6/c1-5-6-15(2,3)7-17-12(22)11-9(20)8(19)10(21)13(24-11)18-14(23)16-4/h8-11,13,19-21H,5-7H2,1-4H3,(H,17,22)(H2,16,18,23)/t8?,9-,10?,11?,13+/m0/s1. The van der Waals surface area contributed by atoms with Gasteiger partial charge in [0.1, 0.15) is 18.3 Å². The first kappa shape index (κ1) is 20.6. The lowest BCUT2D eigenvalue weighted by Gasteiger charge is -2.40. The van der Waals surface area contributed by atoms with Gasteiger partial charge in [0.25, 0.3) is 5.91 Å². The SMILES string of the molecule is CCCC(C)(C)CNC(=O)C1O[C@@H](NC(=O)NC)C(O)C(O)[C@@H]1O. The van der Waals surface area contributed by atoms with Gasteiger partial charge < -0.3 is 36.0 Å². The van der Waals surface area contributed by atoms with Crippen molar-refractivity contribution in [1.82, 2.24) is 16.0 Å². The molecule has 1 aliphatic rings. The minimum absolute atomic E-state index is 0.123. The zero-order valence-electron chi connectivity index (χ0n) is 14.6. The minimum atomic E-state index is -1.62. The summed E-state index contributed by atoms with van der Waals surface area (Å²) in [5, 5.41) is 37.0. The van der Waals surface area contributed by atoms with Crippen LogP contribution >= 0.6 is 0 Å². The number of amides is 3. The molecule has 0 aromatic rings. The molecule has 5 atom stereocenters. The van der Waals surface area contributed by atoms with E-state index in [-0.39, 0.29) is 5.41 Å². The van der Waals surface area contributed by atoms with Crippen molar-refractivity contribution >= 4 is 11.9 Å². The van der Waals surface area contributed by atoms with E-state index in [1.165, 1.54) is 7.05 Å². The molecule has 1 heterocycles. The van der Waals surface area contributed by atoms with Crippen LogP contribution in [0.2, 0.25) is 0 Å². The second-order valence-corrected chi connectivity index (χ2v) is 6.80. The Hall–Kier alpha value is -1.42. The normalized spacial score (nSPS) is 30.5. The van der Waals surface area contributed by atoms with Gasteiger partial charge >= 0.3 is 6.03 Å². The first-order valence-corrected chi connectivity index (χ1v) is 8.08. The molecule has 0 radical (unpaired) electrons. The van der Waals surface area contributed by atoms with Crippen molar-refractivity contribution in [2.75, 3.05) is 13.6 Å². The molecule has 0 spiro atoms. The van der Waals surface area contributed by atoms with Crippen molar-refractivity contribution in [1.29, 1.82) is 0 Å². The number of hydrogen-bond donors (Lipinski definition) is 6. The van der Waals surface area contributed by atoms with Crippen molar-refractivity contribution in [3.8, 4) is 0 Å². The van der Waals surface area contributed by atoms with Crippen molar-refractivity contribution in [2.45, 2.75) is 64.3 Å². The minimum Gasteiger partial charge on any atom is -0.387 e. The summed E-state index contributed by atoms with van der Waals surface area (Å²) in [6.07, 6.45) is -5.63. The summed E-state index contributed by atoms with van der Waals surface area (Å²) >= 11 is 0. The average molecular weight is 347 g/mol. The lowest BCUT2D eigenvalue weighted by molar-refractivity contribution is -0.224. The molecular formula is C15H29N3O6. The van der Waals surface area contributed by atoms with Crippen LogP contribution in [-0.2, 0) is 9.53 Å². The summed E-state index contributed by atoms with van der Waals surface area (Å²) < 4.78 is 5.30. The van der Waals surface area contributed by atoms with Crippen molar-refractivity contribution in [2.24, 2.45) is 5.41 Å². The van der Waals surface area contributed by atoms with Crippen LogP contribution in [0.15, 0.2) is 0 Å². The smallest absolute Gasteiger partial charge is 0.316 e. The van der Waals surface area contributed by atoms with Crippen molar-refractivity contribution in [3.63, 3.8) is 0 Å². The van der Waals surface area contributed by atoms with Gasteiger partial charge in [-0.25, -0.2) is 4.79 Å². The zero-order valence-corrected chi connectivity index (χ0v) is 14.6. The highest BCUT2D eigenvalue weighted by molar-refractivity contribution is 5.82. The highest BCUT2D eigenvalue weighted by Gasteiger charge is 2.47. The van der Waals surface area contributed by atoms with E-state index in [0.29, 0.717) is 6.54 Å². The maximum absolute atomic E-state index is 12.3. The van der Waals surface area contributed by atoms with E-state index in [1.54, 1.807) is 0 Å². The number of hydrogen-bond acceptors (Lipinski definition) is 6. The third-order valence-corrected chi connectivity index (χ3v) is 4.04. The molecule has 24 heavy (non-hydrogen) atoms. The van der Waals surface area contributed by atoms with E-state index in [9.17, 15) is 24.9 Å². The van der Waals surface area contributed by atoms with E-state index >= 15 is 0 Å². The molecule has 0 aromatic carbocycles. The third kappa shape index (κ3) is 5.30. The number of ether oxygens (including phenoxy) is 1. The Morgan fingerprint density at radius 3 is 2.29 bits per heavy atom. The maximum Gasteiger partial charge on any atom is 0.316 e. The maximum atomic E-state index is 12.3. The molecule has 6 N–H and O–H groups in total. The van der Waals surface area contributed by atoms with Gasteiger partial charge in [-0.2, -0.15) is 0 Å². The van der Waals surface area contributed by atoms with E-state index in [1.807, 2.05) is 20.8 Å². The van der Waals surface area contributed by atoms with Crippen LogP contribution in [0.5, 0.6) is 0 Å². The van der Waals surface area contributed by atoms with Gasteiger partial charge in [0.2, 0.25) is 0 Å². The fourth-order valence-corrected chi connectivity index (χ4v) is 2.61. The fraction of sp³-hybridized carbons (Fsp3) is 0.867. The Labute approximate surface area is 141 Å². The monoisotopic (exact) mass is 347 g/mol. The predicted octanol–water partition coefficient (Wildman–Crippen LogP) is -1.33. The number of carbonyl (C=O) groups excluding carboxylic acids is 2. The highest BCUT2D eigenvalue weighted by Crippen LogP contribution is 2.23. The number of rotatable bonds is 6. The van der Waals surface area contributed by atoms with Crippen LogP contribution in [0.3, 0.4) is 0 Å². The molecule has 9 heteroatoms. The summed E-state index contributed by atoms with van der Waals surface area (Å²) in [4.78, 5) is 23.7. The predicted molar refractivity (Wildman–Crippen MR) is 86.0 cm³/mol. The molecule has 9 nitrogen and oxygen atoms in total. The summed E-state index contributed by atoms with van der Waals surface area (Å²) in [6, 6.07) is -0.647. The quantitative estimate of drug-likeness (QED) is 0.352. The van der Waals surface area contributed by atoms with E-state index in [4.69, 9.17) is 4.74 Å². The lowest BCUT2D eigenvalue weighted by Crippen LogP contribution is -2.66. The van der Waals surface area contributed by atoms with Crippen LogP contribution in [0.4, 0.5) is 4.79 Å². The van der Waals surface area contributed by atoms with Gasteiger partial charge in [-0.15, -0.1) is 0 Å². The summed E-state index contributed by atoms with van der Waals surface area (Å²) in [5.41, 5.74) is -0.123. The second kappa shape index (κ2) is 8.61. The molecule has 1 rings (SSSR count). The second-order valence-electron chi connectivity index (χ2n) is 6.80. The van der Waals surface area contributed by atoms with Gasteiger partial charge in [-0.05, 0) is 11.8 Å². The summed E-state index contributed by atoms with van der Waals surface area (Å²) in [5.74, 6) is -0.610. The molecule has 0 bridgehead atoms.